The van der Waals surface area contributed by atoms with Crippen molar-refractivity contribution in [2.24, 2.45) is 5.92 Å². The van der Waals surface area contributed by atoms with Gasteiger partial charge in [-0.2, -0.15) is 14.6 Å². The highest BCUT2D eigenvalue weighted by molar-refractivity contribution is 5.45. The predicted octanol–water partition coefficient (Wildman–Crippen LogP) is 2.28. The van der Waals surface area contributed by atoms with E-state index in [4.69, 9.17) is 0 Å². The Kier molecular flexibility index (Phi) is 3.26. The minimum atomic E-state index is 0.397. The molecular formula is C12H19N5. The van der Waals surface area contributed by atoms with E-state index in [1.165, 1.54) is 6.33 Å². The minimum absolute atomic E-state index is 0.397. The summed E-state index contributed by atoms with van der Waals surface area (Å²) in [6, 6.07) is 2.40. The monoisotopic (exact) mass is 233 g/mol. The van der Waals surface area contributed by atoms with E-state index in [9.17, 15) is 0 Å². The molecule has 0 fully saturated rings. The number of anilines is 1. The molecule has 0 spiro atoms. The molecule has 2 rings (SSSR count). The molecule has 1 N–H and O–H groups in total. The fourth-order valence-electron chi connectivity index (χ4n) is 1.76. The van der Waals surface area contributed by atoms with E-state index in [2.05, 4.69) is 41.2 Å². The number of fused-ring (bicyclic) bond motifs is 1. The van der Waals surface area contributed by atoms with Gasteiger partial charge in [0.2, 0.25) is 0 Å². The summed E-state index contributed by atoms with van der Waals surface area (Å²) in [4.78, 5) is 8.43. The second-order valence-corrected chi connectivity index (χ2v) is 4.57. The van der Waals surface area contributed by atoms with Crippen LogP contribution in [-0.4, -0.2) is 25.6 Å². The van der Waals surface area contributed by atoms with Crippen LogP contribution < -0.4 is 5.32 Å². The average Bonchev–Trinajstić information content (AvgIpc) is 2.75. The van der Waals surface area contributed by atoms with Crippen LogP contribution >= 0.6 is 0 Å². The highest BCUT2D eigenvalue weighted by Crippen LogP contribution is 2.15. The molecule has 2 heterocycles. The third-order valence-corrected chi connectivity index (χ3v) is 3.25. The Bertz CT molecular complexity index is 505. The van der Waals surface area contributed by atoms with Crippen molar-refractivity contribution in [2.45, 2.75) is 40.2 Å². The van der Waals surface area contributed by atoms with Crippen LogP contribution in [0.1, 0.15) is 32.9 Å². The third-order valence-electron chi connectivity index (χ3n) is 3.25. The number of hydrogen-bond donors (Lipinski definition) is 1. The molecular weight excluding hydrogens is 214 g/mol. The lowest BCUT2D eigenvalue weighted by Gasteiger charge is -2.21. The van der Waals surface area contributed by atoms with Crippen molar-refractivity contribution >= 4 is 11.6 Å². The Morgan fingerprint density at radius 1 is 1.41 bits per heavy atom. The lowest BCUT2D eigenvalue weighted by atomic mass is 10.0. The molecule has 2 aromatic heterocycles. The molecule has 0 aliphatic rings. The molecule has 92 valence electrons. The standard InChI is InChI=1S/C12H19N5/c1-5-8(2)10(4)16-11-6-9(3)15-12-13-7-14-17(11)12/h6-8,10,16H,5H2,1-4H3. The summed E-state index contributed by atoms with van der Waals surface area (Å²) in [6.07, 6.45) is 2.68. The maximum Gasteiger partial charge on any atom is 0.254 e. The first-order chi connectivity index (χ1) is 8.11. The molecule has 5 heteroatoms. The normalized spacial score (nSPS) is 14.8. The lowest BCUT2D eigenvalue weighted by molar-refractivity contribution is 0.492. The molecule has 0 aliphatic heterocycles. The largest absolute Gasteiger partial charge is 0.367 e. The van der Waals surface area contributed by atoms with Crippen molar-refractivity contribution in [3.8, 4) is 0 Å². The fourth-order valence-corrected chi connectivity index (χ4v) is 1.76. The molecule has 0 saturated heterocycles. The summed E-state index contributed by atoms with van der Waals surface area (Å²) in [5.41, 5.74) is 0.948. The van der Waals surface area contributed by atoms with Crippen LogP contribution in [0.15, 0.2) is 12.4 Å². The van der Waals surface area contributed by atoms with Crippen LogP contribution in [0, 0.1) is 12.8 Å². The highest BCUT2D eigenvalue weighted by Gasteiger charge is 2.12. The first-order valence-electron chi connectivity index (χ1n) is 6.05. The topological polar surface area (TPSA) is 55.1 Å². The van der Waals surface area contributed by atoms with Gasteiger partial charge in [0.05, 0.1) is 0 Å². The van der Waals surface area contributed by atoms with Gasteiger partial charge in [0, 0.05) is 17.8 Å². The Hall–Kier alpha value is -1.65. The van der Waals surface area contributed by atoms with Crippen LogP contribution in [0.2, 0.25) is 0 Å². The Morgan fingerprint density at radius 3 is 2.88 bits per heavy atom. The van der Waals surface area contributed by atoms with Crippen molar-refractivity contribution < 1.29 is 0 Å². The van der Waals surface area contributed by atoms with Gasteiger partial charge in [-0.15, -0.1) is 0 Å². The number of aromatic nitrogens is 4. The molecule has 0 bridgehead atoms. The second-order valence-electron chi connectivity index (χ2n) is 4.57. The van der Waals surface area contributed by atoms with E-state index in [1.54, 1.807) is 4.52 Å². The fraction of sp³-hybridized carbons (Fsp3) is 0.583. The summed E-state index contributed by atoms with van der Waals surface area (Å²) in [7, 11) is 0. The maximum atomic E-state index is 4.32. The van der Waals surface area contributed by atoms with E-state index in [0.717, 1.165) is 17.9 Å². The Balaban J connectivity index is 2.31. The lowest BCUT2D eigenvalue weighted by Crippen LogP contribution is -2.24. The predicted molar refractivity (Wildman–Crippen MR) is 68.1 cm³/mol. The van der Waals surface area contributed by atoms with Crippen molar-refractivity contribution in [2.75, 3.05) is 5.32 Å². The average molecular weight is 233 g/mol. The van der Waals surface area contributed by atoms with Gasteiger partial charge in [-0.25, -0.2) is 4.98 Å². The molecule has 2 atom stereocenters. The van der Waals surface area contributed by atoms with Gasteiger partial charge in [-0.05, 0) is 19.8 Å². The van der Waals surface area contributed by atoms with E-state index in [0.29, 0.717) is 17.7 Å². The number of hydrogen-bond acceptors (Lipinski definition) is 4. The van der Waals surface area contributed by atoms with Crippen LogP contribution in [0.3, 0.4) is 0 Å². The van der Waals surface area contributed by atoms with E-state index in [-0.39, 0.29) is 0 Å². The van der Waals surface area contributed by atoms with Gasteiger partial charge in [-0.3, -0.25) is 0 Å². The summed E-state index contributed by atoms with van der Waals surface area (Å²) < 4.78 is 1.74. The van der Waals surface area contributed by atoms with E-state index in [1.807, 2.05) is 13.0 Å². The van der Waals surface area contributed by atoms with Crippen LogP contribution in [-0.2, 0) is 0 Å². The molecule has 5 nitrogen and oxygen atoms in total. The van der Waals surface area contributed by atoms with E-state index < -0.39 is 0 Å². The quantitative estimate of drug-likeness (QED) is 0.880. The highest BCUT2D eigenvalue weighted by atomic mass is 15.4. The smallest absolute Gasteiger partial charge is 0.254 e. The van der Waals surface area contributed by atoms with Crippen molar-refractivity contribution in [1.82, 2.24) is 19.6 Å². The summed E-state index contributed by atoms with van der Waals surface area (Å²) >= 11 is 0. The van der Waals surface area contributed by atoms with Crippen molar-refractivity contribution in [3.63, 3.8) is 0 Å². The molecule has 0 aliphatic carbocycles. The van der Waals surface area contributed by atoms with Crippen LogP contribution in [0.4, 0.5) is 5.82 Å². The number of nitrogens with zero attached hydrogens (tertiary/aromatic N) is 4. The first-order valence-corrected chi connectivity index (χ1v) is 6.05. The van der Waals surface area contributed by atoms with Gasteiger partial charge in [0.25, 0.3) is 5.78 Å². The van der Waals surface area contributed by atoms with Crippen LogP contribution in [0.5, 0.6) is 0 Å². The molecule has 0 amide bonds. The van der Waals surface area contributed by atoms with Gasteiger partial charge >= 0.3 is 0 Å². The molecule has 0 aromatic carbocycles. The maximum absolute atomic E-state index is 4.32. The molecule has 2 unspecified atom stereocenters. The molecule has 17 heavy (non-hydrogen) atoms. The third kappa shape index (κ3) is 2.38. The van der Waals surface area contributed by atoms with Gasteiger partial charge < -0.3 is 5.32 Å². The van der Waals surface area contributed by atoms with Gasteiger partial charge in [-0.1, -0.05) is 20.3 Å². The number of nitrogens with one attached hydrogen (secondary N) is 1. The minimum Gasteiger partial charge on any atom is -0.367 e. The second kappa shape index (κ2) is 4.69. The number of aryl methyl sites for hydroxylation is 1. The Labute approximate surface area is 101 Å². The molecule has 0 radical (unpaired) electrons. The summed E-state index contributed by atoms with van der Waals surface area (Å²) in [5.74, 6) is 2.21. The molecule has 2 aromatic rings. The van der Waals surface area contributed by atoms with E-state index >= 15 is 0 Å². The zero-order valence-corrected chi connectivity index (χ0v) is 10.8. The zero-order valence-electron chi connectivity index (χ0n) is 10.8. The van der Waals surface area contributed by atoms with Crippen molar-refractivity contribution in [1.29, 1.82) is 0 Å². The summed E-state index contributed by atoms with van der Waals surface area (Å²) in [5, 5.41) is 7.66. The number of rotatable bonds is 4. The van der Waals surface area contributed by atoms with Crippen LogP contribution in [0.25, 0.3) is 5.78 Å². The zero-order chi connectivity index (χ0) is 12.4. The Morgan fingerprint density at radius 2 is 2.18 bits per heavy atom. The SMILES string of the molecule is CCC(C)C(C)Nc1cc(C)nc2ncnn12. The summed E-state index contributed by atoms with van der Waals surface area (Å²) in [6.45, 7) is 8.59. The molecule has 0 saturated carbocycles. The van der Waals surface area contributed by atoms with Crippen molar-refractivity contribution in [3.05, 3.63) is 18.1 Å². The van der Waals surface area contributed by atoms with Gasteiger partial charge in [0.15, 0.2) is 0 Å². The van der Waals surface area contributed by atoms with Gasteiger partial charge in [0.1, 0.15) is 12.1 Å². The first kappa shape index (κ1) is 11.8.